The van der Waals surface area contributed by atoms with Crippen LogP contribution in [0.2, 0.25) is 0 Å². The van der Waals surface area contributed by atoms with Crippen LogP contribution in [0, 0.1) is 11.8 Å². The van der Waals surface area contributed by atoms with Crippen LogP contribution in [0.4, 0.5) is 0 Å². The zero-order valence-electron chi connectivity index (χ0n) is 24.1. The molecule has 1 aromatic heterocycles. The number of hydrogen-bond acceptors (Lipinski definition) is 3. The van der Waals surface area contributed by atoms with Crippen molar-refractivity contribution in [2.75, 3.05) is 6.61 Å². The summed E-state index contributed by atoms with van der Waals surface area (Å²) in [6.45, 7) is 5.40. The predicted octanol–water partition coefficient (Wildman–Crippen LogP) is 10.4. The van der Waals surface area contributed by atoms with Gasteiger partial charge in [0.1, 0.15) is 5.75 Å². The van der Waals surface area contributed by atoms with Crippen molar-refractivity contribution < 1.29 is 4.74 Å². The predicted molar refractivity (Wildman–Crippen MR) is 158 cm³/mol. The topological polar surface area (TPSA) is 35.0 Å². The van der Waals surface area contributed by atoms with Crippen molar-refractivity contribution >= 4 is 0 Å². The van der Waals surface area contributed by atoms with Gasteiger partial charge in [0.2, 0.25) is 0 Å². The van der Waals surface area contributed by atoms with E-state index in [0.717, 1.165) is 48.4 Å². The van der Waals surface area contributed by atoms with E-state index in [2.05, 4.69) is 48.1 Å². The first-order valence-corrected chi connectivity index (χ1v) is 15.8. The summed E-state index contributed by atoms with van der Waals surface area (Å²) in [6, 6.07) is 8.28. The molecule has 0 atom stereocenters. The van der Waals surface area contributed by atoms with Crippen molar-refractivity contribution in [2.24, 2.45) is 11.8 Å². The van der Waals surface area contributed by atoms with Crippen LogP contribution in [0.5, 0.6) is 5.75 Å². The average molecular weight is 507 g/mol. The number of aromatic nitrogens is 2. The summed E-state index contributed by atoms with van der Waals surface area (Å²) in [4.78, 5) is 9.34. The van der Waals surface area contributed by atoms with Gasteiger partial charge in [-0.25, -0.2) is 9.97 Å². The van der Waals surface area contributed by atoms with E-state index in [1.165, 1.54) is 115 Å². The number of nitrogens with zero attached hydrogens (tertiary/aromatic N) is 2. The van der Waals surface area contributed by atoms with Gasteiger partial charge in [0.25, 0.3) is 0 Å². The van der Waals surface area contributed by atoms with E-state index < -0.39 is 0 Å². The Morgan fingerprint density at radius 1 is 0.649 bits per heavy atom. The molecule has 1 fully saturated rings. The van der Waals surface area contributed by atoms with Gasteiger partial charge in [-0.15, -0.1) is 0 Å². The molecule has 37 heavy (non-hydrogen) atoms. The Hall–Kier alpha value is -1.90. The molecule has 1 aliphatic rings. The molecule has 0 amide bonds. The molecule has 1 aromatic carbocycles. The maximum absolute atomic E-state index is 5.96. The van der Waals surface area contributed by atoms with Crippen LogP contribution >= 0.6 is 0 Å². The molecule has 3 rings (SSSR count). The maximum atomic E-state index is 5.96. The molecule has 0 saturated heterocycles. The quantitative estimate of drug-likeness (QED) is 0.178. The third-order valence-electron chi connectivity index (χ3n) is 8.36. The van der Waals surface area contributed by atoms with Crippen molar-refractivity contribution in [3.63, 3.8) is 0 Å². The summed E-state index contributed by atoms with van der Waals surface area (Å²) in [5.41, 5.74) is 2.33. The molecule has 0 radical (unpaired) electrons. The first kappa shape index (κ1) is 29.7. The molecule has 0 N–H and O–H groups in total. The molecule has 206 valence electrons. The number of rotatable bonds is 19. The van der Waals surface area contributed by atoms with E-state index in [1.54, 1.807) is 0 Å². The second kappa shape index (κ2) is 18.4. The Labute approximate surface area is 228 Å². The fourth-order valence-corrected chi connectivity index (χ4v) is 5.79. The molecule has 3 heteroatoms. The van der Waals surface area contributed by atoms with Crippen LogP contribution < -0.4 is 4.74 Å². The van der Waals surface area contributed by atoms with Gasteiger partial charge in [-0.1, -0.05) is 117 Å². The Kier molecular flexibility index (Phi) is 14.7. The monoisotopic (exact) mass is 506 g/mol. The Morgan fingerprint density at radius 2 is 1.19 bits per heavy atom. The average Bonchev–Trinajstić information content (AvgIpc) is 2.95. The number of unbranched alkanes of at least 4 members (excludes halogenated alkanes) is 10. The molecule has 1 heterocycles. The highest BCUT2D eigenvalue weighted by Gasteiger charge is 2.20. The zero-order chi connectivity index (χ0) is 26.0. The van der Waals surface area contributed by atoms with E-state index in [0.29, 0.717) is 0 Å². The van der Waals surface area contributed by atoms with Crippen LogP contribution in [0.3, 0.4) is 0 Å². The summed E-state index contributed by atoms with van der Waals surface area (Å²) in [5.74, 6) is 3.64. The summed E-state index contributed by atoms with van der Waals surface area (Å²) < 4.78 is 5.96. The highest BCUT2D eigenvalue weighted by molar-refractivity contribution is 5.55. The van der Waals surface area contributed by atoms with Gasteiger partial charge < -0.3 is 4.74 Å². The summed E-state index contributed by atoms with van der Waals surface area (Å²) >= 11 is 0. The van der Waals surface area contributed by atoms with Crippen molar-refractivity contribution in [3.05, 3.63) is 42.2 Å². The van der Waals surface area contributed by atoms with Gasteiger partial charge in [0.05, 0.1) is 6.61 Å². The van der Waals surface area contributed by atoms with Crippen LogP contribution in [0.15, 0.2) is 36.7 Å². The summed E-state index contributed by atoms with van der Waals surface area (Å²) in [5, 5.41) is 0. The van der Waals surface area contributed by atoms with Crippen LogP contribution in [0.1, 0.15) is 135 Å². The standard InChI is InChI=1S/C34H54N2O/c1-3-5-7-8-9-10-11-12-13-14-26-37-33-24-22-32(23-25-33)34-35-27-31(28-36-34)21-20-30-18-16-29(17-19-30)15-6-4-2/h22-25,27-30H,3-21,26H2,1-2H3/t29-,30-. The molecule has 0 aliphatic heterocycles. The van der Waals surface area contributed by atoms with Crippen molar-refractivity contribution in [1.29, 1.82) is 0 Å². The molecule has 0 spiro atoms. The molecular weight excluding hydrogens is 452 g/mol. The fraction of sp³-hybridized carbons (Fsp3) is 0.706. The van der Waals surface area contributed by atoms with Gasteiger partial charge in [0, 0.05) is 18.0 Å². The van der Waals surface area contributed by atoms with Gasteiger partial charge in [-0.05, 0) is 60.9 Å². The molecular formula is C34H54N2O. The minimum absolute atomic E-state index is 0.807. The second-order valence-electron chi connectivity index (χ2n) is 11.5. The second-order valence-corrected chi connectivity index (χ2v) is 11.5. The lowest BCUT2D eigenvalue weighted by molar-refractivity contribution is 0.250. The molecule has 0 bridgehead atoms. The minimum Gasteiger partial charge on any atom is -0.494 e. The Bertz CT molecular complexity index is 809. The molecule has 1 saturated carbocycles. The SMILES string of the molecule is CCCCCCCCCCCCOc1ccc(-c2ncc(CC[C@H]3CC[C@H](CCCC)CC3)cn2)cc1. The van der Waals surface area contributed by atoms with Gasteiger partial charge in [-0.2, -0.15) is 0 Å². The lowest BCUT2D eigenvalue weighted by Crippen LogP contribution is -2.15. The third kappa shape index (κ3) is 12.0. The number of hydrogen-bond donors (Lipinski definition) is 0. The van der Waals surface area contributed by atoms with Gasteiger partial charge in [-0.3, -0.25) is 0 Å². The largest absolute Gasteiger partial charge is 0.494 e. The van der Waals surface area contributed by atoms with Crippen LogP contribution in [-0.4, -0.2) is 16.6 Å². The lowest BCUT2D eigenvalue weighted by atomic mass is 9.78. The van der Waals surface area contributed by atoms with Crippen LogP contribution in [-0.2, 0) is 6.42 Å². The minimum atomic E-state index is 0.807. The summed E-state index contributed by atoms with van der Waals surface area (Å²) in [6.07, 6.45) is 29.9. The van der Waals surface area contributed by atoms with Crippen molar-refractivity contribution in [3.8, 4) is 17.1 Å². The van der Waals surface area contributed by atoms with E-state index in [-0.39, 0.29) is 0 Å². The van der Waals surface area contributed by atoms with Crippen molar-refractivity contribution in [1.82, 2.24) is 9.97 Å². The molecule has 2 aromatic rings. The maximum Gasteiger partial charge on any atom is 0.159 e. The van der Waals surface area contributed by atoms with E-state index in [1.807, 2.05) is 12.4 Å². The number of benzene rings is 1. The number of ether oxygens (including phenoxy) is 1. The van der Waals surface area contributed by atoms with Crippen LogP contribution in [0.25, 0.3) is 11.4 Å². The molecule has 0 unspecified atom stereocenters. The fourth-order valence-electron chi connectivity index (χ4n) is 5.79. The normalized spacial score (nSPS) is 17.7. The van der Waals surface area contributed by atoms with E-state index in [9.17, 15) is 0 Å². The first-order valence-electron chi connectivity index (χ1n) is 15.8. The van der Waals surface area contributed by atoms with Gasteiger partial charge in [0.15, 0.2) is 5.82 Å². The number of aryl methyl sites for hydroxylation is 1. The summed E-state index contributed by atoms with van der Waals surface area (Å²) in [7, 11) is 0. The van der Waals surface area contributed by atoms with E-state index >= 15 is 0 Å². The molecule has 3 nitrogen and oxygen atoms in total. The van der Waals surface area contributed by atoms with E-state index in [4.69, 9.17) is 4.74 Å². The highest BCUT2D eigenvalue weighted by atomic mass is 16.5. The first-order chi connectivity index (χ1) is 18.3. The van der Waals surface area contributed by atoms with Crippen molar-refractivity contribution in [2.45, 2.75) is 136 Å². The lowest BCUT2D eigenvalue weighted by Gasteiger charge is -2.28. The third-order valence-corrected chi connectivity index (χ3v) is 8.36. The molecule has 1 aliphatic carbocycles. The van der Waals surface area contributed by atoms with Gasteiger partial charge >= 0.3 is 0 Å². The zero-order valence-corrected chi connectivity index (χ0v) is 24.1. The Balaban J connectivity index is 1.27. The smallest absolute Gasteiger partial charge is 0.159 e. The Morgan fingerprint density at radius 3 is 1.78 bits per heavy atom. The highest BCUT2D eigenvalue weighted by Crippen LogP contribution is 2.34.